The fraction of sp³-hybridized carbons (Fsp3) is 0.348. The first-order valence-corrected chi connectivity index (χ1v) is 11.0. The molecule has 1 aromatic carbocycles. The van der Waals surface area contributed by atoms with E-state index in [0.29, 0.717) is 17.4 Å². The molecule has 6 nitrogen and oxygen atoms in total. The predicted octanol–water partition coefficient (Wildman–Crippen LogP) is 4.48. The predicted molar refractivity (Wildman–Crippen MR) is 120 cm³/mol. The van der Waals surface area contributed by atoms with Crippen LogP contribution < -0.4 is 4.74 Å². The van der Waals surface area contributed by atoms with Gasteiger partial charge in [-0.1, -0.05) is 29.5 Å². The zero-order valence-corrected chi connectivity index (χ0v) is 18.4. The third-order valence-electron chi connectivity index (χ3n) is 5.44. The maximum atomic E-state index is 11.8. The summed E-state index contributed by atoms with van der Waals surface area (Å²) < 4.78 is 6.92. The molecule has 1 amide bonds. The first-order chi connectivity index (χ1) is 14.5. The van der Waals surface area contributed by atoms with Gasteiger partial charge in [-0.05, 0) is 50.1 Å². The van der Waals surface area contributed by atoms with Crippen molar-refractivity contribution in [1.82, 2.24) is 19.8 Å². The molecule has 2 aromatic heterocycles. The number of amides is 1. The molecule has 30 heavy (non-hydrogen) atoms. The number of pyridine rings is 1. The fourth-order valence-electron chi connectivity index (χ4n) is 3.78. The van der Waals surface area contributed by atoms with Crippen LogP contribution in [0.3, 0.4) is 0 Å². The SMILES string of the molecule is C/C=C1/CN(C(C)=O)[C@@H](C)CN1CCc1ccc(Oc2nc3ncccc3s2)cc1. The maximum Gasteiger partial charge on any atom is 0.281 e. The van der Waals surface area contributed by atoms with E-state index in [1.54, 1.807) is 13.1 Å². The average Bonchev–Trinajstić information content (AvgIpc) is 3.15. The van der Waals surface area contributed by atoms with Crippen molar-refractivity contribution in [3.63, 3.8) is 0 Å². The van der Waals surface area contributed by atoms with Crippen LogP contribution in [0.2, 0.25) is 0 Å². The first-order valence-electron chi connectivity index (χ1n) is 10.2. The number of allylic oxidation sites excluding steroid dienone is 1. The van der Waals surface area contributed by atoms with Crippen LogP contribution in [-0.2, 0) is 11.2 Å². The highest BCUT2D eigenvalue weighted by Gasteiger charge is 2.27. The van der Waals surface area contributed by atoms with Crippen molar-refractivity contribution in [1.29, 1.82) is 0 Å². The lowest BCUT2D eigenvalue weighted by Crippen LogP contribution is -2.52. The van der Waals surface area contributed by atoms with Crippen LogP contribution in [0.25, 0.3) is 10.3 Å². The minimum Gasteiger partial charge on any atom is -0.431 e. The summed E-state index contributed by atoms with van der Waals surface area (Å²) in [5.41, 5.74) is 3.19. The van der Waals surface area contributed by atoms with Crippen molar-refractivity contribution in [2.45, 2.75) is 33.2 Å². The summed E-state index contributed by atoms with van der Waals surface area (Å²) in [6, 6.07) is 12.3. The van der Waals surface area contributed by atoms with Crippen molar-refractivity contribution < 1.29 is 9.53 Å². The number of piperazine rings is 1. The van der Waals surface area contributed by atoms with Gasteiger partial charge in [0.15, 0.2) is 5.65 Å². The normalized spacial score (nSPS) is 18.2. The van der Waals surface area contributed by atoms with Crippen molar-refractivity contribution in [2.75, 3.05) is 19.6 Å². The van der Waals surface area contributed by atoms with Gasteiger partial charge >= 0.3 is 0 Å². The number of benzene rings is 1. The topological polar surface area (TPSA) is 58.6 Å². The van der Waals surface area contributed by atoms with Gasteiger partial charge in [0.05, 0.1) is 11.2 Å². The molecule has 0 unspecified atom stereocenters. The standard InChI is InChI=1S/C23H26N4O2S/c1-4-19-15-27(17(3)28)16(2)14-26(19)13-11-18-7-9-20(10-8-18)29-23-25-22-21(30-23)6-5-12-24-22/h4-10,12,16H,11,13-15H2,1-3H3/b19-4-/t16-/m0/s1. The van der Waals surface area contributed by atoms with Gasteiger partial charge in [-0.15, -0.1) is 0 Å². The Morgan fingerprint density at radius 3 is 2.80 bits per heavy atom. The highest BCUT2D eigenvalue weighted by molar-refractivity contribution is 7.20. The molecule has 3 aromatic rings. The van der Waals surface area contributed by atoms with E-state index in [4.69, 9.17) is 4.74 Å². The van der Waals surface area contributed by atoms with Crippen LogP contribution in [0.1, 0.15) is 26.3 Å². The van der Waals surface area contributed by atoms with E-state index in [2.05, 4.69) is 40.0 Å². The minimum absolute atomic E-state index is 0.140. The van der Waals surface area contributed by atoms with Gasteiger partial charge in [-0.3, -0.25) is 4.79 Å². The summed E-state index contributed by atoms with van der Waals surface area (Å²) >= 11 is 1.49. The molecule has 0 radical (unpaired) electrons. The van der Waals surface area contributed by atoms with Crippen LogP contribution >= 0.6 is 11.3 Å². The number of nitrogens with zero attached hydrogens (tertiary/aromatic N) is 4. The van der Waals surface area contributed by atoms with E-state index in [1.807, 2.05) is 36.1 Å². The largest absolute Gasteiger partial charge is 0.431 e. The molecule has 0 saturated carbocycles. The smallest absolute Gasteiger partial charge is 0.281 e. The van der Waals surface area contributed by atoms with Gasteiger partial charge in [0.2, 0.25) is 5.91 Å². The Balaban J connectivity index is 1.36. The number of aromatic nitrogens is 2. The number of carbonyl (C=O) groups excluding carboxylic acids is 1. The fourth-order valence-corrected chi connectivity index (χ4v) is 4.57. The molecule has 0 spiro atoms. The first kappa shape index (κ1) is 20.3. The second kappa shape index (κ2) is 8.83. The Morgan fingerprint density at radius 2 is 2.10 bits per heavy atom. The van der Waals surface area contributed by atoms with Gasteiger partial charge in [0, 0.05) is 37.9 Å². The summed E-state index contributed by atoms with van der Waals surface area (Å²) in [6.45, 7) is 8.29. The average molecular weight is 423 g/mol. The minimum atomic E-state index is 0.140. The van der Waals surface area contributed by atoms with Gasteiger partial charge in [-0.25, -0.2) is 4.98 Å². The van der Waals surface area contributed by atoms with Crippen molar-refractivity contribution in [3.8, 4) is 10.9 Å². The number of rotatable bonds is 5. The zero-order chi connectivity index (χ0) is 21.1. The molecule has 1 atom stereocenters. The van der Waals surface area contributed by atoms with Crippen molar-refractivity contribution in [3.05, 3.63) is 59.9 Å². The number of thiazole rings is 1. The van der Waals surface area contributed by atoms with E-state index >= 15 is 0 Å². The highest BCUT2D eigenvalue weighted by atomic mass is 32.1. The van der Waals surface area contributed by atoms with E-state index in [-0.39, 0.29) is 11.9 Å². The molecule has 4 rings (SSSR count). The molecular weight excluding hydrogens is 396 g/mol. The summed E-state index contributed by atoms with van der Waals surface area (Å²) in [4.78, 5) is 24.8. The summed E-state index contributed by atoms with van der Waals surface area (Å²) in [6.07, 6.45) is 4.79. The monoisotopic (exact) mass is 422 g/mol. The lowest BCUT2D eigenvalue weighted by Gasteiger charge is -2.42. The van der Waals surface area contributed by atoms with Gasteiger partial charge < -0.3 is 14.5 Å². The highest BCUT2D eigenvalue weighted by Crippen LogP contribution is 2.30. The number of ether oxygens (including phenoxy) is 1. The second-order valence-corrected chi connectivity index (χ2v) is 8.52. The Morgan fingerprint density at radius 1 is 1.30 bits per heavy atom. The van der Waals surface area contributed by atoms with Gasteiger partial charge in [0.25, 0.3) is 5.19 Å². The quantitative estimate of drug-likeness (QED) is 0.607. The summed E-state index contributed by atoms with van der Waals surface area (Å²) in [5, 5.41) is 0.603. The molecule has 0 aliphatic carbocycles. The lowest BCUT2D eigenvalue weighted by atomic mass is 10.1. The van der Waals surface area contributed by atoms with Gasteiger partial charge in [-0.2, -0.15) is 4.98 Å². The lowest BCUT2D eigenvalue weighted by molar-refractivity contribution is -0.132. The van der Waals surface area contributed by atoms with Crippen LogP contribution in [0.4, 0.5) is 0 Å². The Hall–Kier alpha value is -2.93. The number of hydrogen-bond donors (Lipinski definition) is 0. The summed E-state index contributed by atoms with van der Waals surface area (Å²) in [7, 11) is 0. The van der Waals surface area contributed by atoms with Crippen molar-refractivity contribution in [2.24, 2.45) is 0 Å². The molecule has 7 heteroatoms. The third kappa shape index (κ3) is 4.46. The Labute approximate surface area is 180 Å². The second-order valence-electron chi connectivity index (χ2n) is 7.52. The van der Waals surface area contributed by atoms with Crippen LogP contribution in [0.15, 0.2) is 54.4 Å². The van der Waals surface area contributed by atoms with E-state index in [0.717, 1.165) is 30.0 Å². The van der Waals surface area contributed by atoms with Crippen LogP contribution in [0, 0.1) is 0 Å². The van der Waals surface area contributed by atoms with E-state index in [1.165, 1.54) is 22.6 Å². The molecule has 1 fully saturated rings. The van der Waals surface area contributed by atoms with Crippen molar-refractivity contribution >= 4 is 27.6 Å². The van der Waals surface area contributed by atoms with E-state index < -0.39 is 0 Å². The molecule has 1 saturated heterocycles. The molecule has 156 valence electrons. The van der Waals surface area contributed by atoms with Crippen LogP contribution in [-0.4, -0.2) is 51.4 Å². The molecule has 0 bridgehead atoms. The van der Waals surface area contributed by atoms with E-state index in [9.17, 15) is 4.79 Å². The molecule has 0 N–H and O–H groups in total. The number of hydrogen-bond acceptors (Lipinski definition) is 6. The molecule has 3 heterocycles. The Bertz CT molecular complexity index is 1030. The number of carbonyl (C=O) groups is 1. The van der Waals surface area contributed by atoms with Crippen LogP contribution in [0.5, 0.6) is 10.9 Å². The van der Waals surface area contributed by atoms with Gasteiger partial charge in [0.1, 0.15) is 5.75 Å². The molecule has 1 aliphatic heterocycles. The maximum absolute atomic E-state index is 11.8. The Kier molecular flexibility index (Phi) is 5.99. The zero-order valence-electron chi connectivity index (χ0n) is 17.5. The number of fused-ring (bicyclic) bond motifs is 1. The third-order valence-corrected chi connectivity index (χ3v) is 6.32. The molecular formula is C23H26N4O2S. The summed E-state index contributed by atoms with van der Waals surface area (Å²) in [5.74, 6) is 0.914. The molecule has 1 aliphatic rings.